The Labute approximate surface area is 151 Å². The summed E-state index contributed by atoms with van der Waals surface area (Å²) in [6.45, 7) is 6.61. The van der Waals surface area contributed by atoms with Crippen LogP contribution in [-0.2, 0) is 16.6 Å². The summed E-state index contributed by atoms with van der Waals surface area (Å²) in [6, 6.07) is 17.0. The SMILES string of the molecule is CC(C)(C)c1ccc(/C=C/C(=O)N[C@@H]2CCCc3ccccc32)cc1. The molecule has 0 fully saturated rings. The lowest BCUT2D eigenvalue weighted by molar-refractivity contribution is -0.117. The molecule has 0 bridgehead atoms. The Hall–Kier alpha value is -2.35. The molecule has 0 aliphatic heterocycles. The van der Waals surface area contributed by atoms with Crippen LogP contribution >= 0.6 is 0 Å². The minimum absolute atomic E-state index is 0.0263. The smallest absolute Gasteiger partial charge is 0.244 e. The van der Waals surface area contributed by atoms with Gasteiger partial charge < -0.3 is 5.32 Å². The first kappa shape index (κ1) is 17.5. The van der Waals surface area contributed by atoms with Gasteiger partial charge in [-0.05, 0) is 53.0 Å². The maximum atomic E-state index is 12.3. The molecule has 1 aliphatic carbocycles. The van der Waals surface area contributed by atoms with E-state index in [-0.39, 0.29) is 17.4 Å². The number of amides is 1. The van der Waals surface area contributed by atoms with E-state index in [9.17, 15) is 4.79 Å². The van der Waals surface area contributed by atoms with Crippen LogP contribution in [0.3, 0.4) is 0 Å². The molecule has 0 spiro atoms. The third-order valence-corrected chi connectivity index (χ3v) is 4.89. The van der Waals surface area contributed by atoms with Gasteiger partial charge in [0.25, 0.3) is 0 Å². The third kappa shape index (κ3) is 4.39. The average Bonchev–Trinajstić information content (AvgIpc) is 2.60. The molecule has 0 saturated carbocycles. The van der Waals surface area contributed by atoms with Crippen molar-refractivity contribution in [2.75, 3.05) is 0 Å². The summed E-state index contributed by atoms with van der Waals surface area (Å²) in [4.78, 5) is 12.3. The standard InChI is InChI=1S/C23H27NO/c1-23(2,3)19-14-11-17(12-15-19)13-16-22(25)24-21-10-6-8-18-7-4-5-9-20(18)21/h4-5,7,9,11-16,21H,6,8,10H2,1-3H3,(H,24,25)/b16-13+/t21-/m1/s1. The highest BCUT2D eigenvalue weighted by atomic mass is 16.1. The molecule has 0 radical (unpaired) electrons. The predicted molar refractivity (Wildman–Crippen MR) is 104 cm³/mol. The number of hydrogen-bond acceptors (Lipinski definition) is 1. The van der Waals surface area contributed by atoms with Crippen molar-refractivity contribution in [3.05, 3.63) is 76.9 Å². The first-order valence-electron chi connectivity index (χ1n) is 9.10. The molecule has 1 atom stereocenters. The Morgan fingerprint density at radius 2 is 1.80 bits per heavy atom. The number of benzene rings is 2. The highest BCUT2D eigenvalue weighted by molar-refractivity contribution is 5.92. The van der Waals surface area contributed by atoms with E-state index >= 15 is 0 Å². The van der Waals surface area contributed by atoms with Gasteiger partial charge >= 0.3 is 0 Å². The maximum absolute atomic E-state index is 12.3. The summed E-state index contributed by atoms with van der Waals surface area (Å²) in [6.07, 6.45) is 6.77. The lowest BCUT2D eigenvalue weighted by Crippen LogP contribution is -2.29. The van der Waals surface area contributed by atoms with Crippen LogP contribution in [0.1, 0.15) is 61.9 Å². The van der Waals surface area contributed by atoms with Crippen molar-refractivity contribution >= 4 is 12.0 Å². The molecular weight excluding hydrogens is 306 g/mol. The van der Waals surface area contributed by atoms with Crippen LogP contribution in [-0.4, -0.2) is 5.91 Å². The highest BCUT2D eigenvalue weighted by Crippen LogP contribution is 2.29. The van der Waals surface area contributed by atoms with Gasteiger partial charge in [0.05, 0.1) is 6.04 Å². The van der Waals surface area contributed by atoms with Crippen molar-refractivity contribution in [1.29, 1.82) is 0 Å². The fourth-order valence-corrected chi connectivity index (χ4v) is 3.39. The van der Waals surface area contributed by atoms with Gasteiger partial charge in [0.1, 0.15) is 0 Å². The molecule has 0 unspecified atom stereocenters. The van der Waals surface area contributed by atoms with E-state index in [0.29, 0.717) is 0 Å². The Kier molecular flexibility index (Phi) is 5.08. The van der Waals surface area contributed by atoms with Gasteiger partial charge in [-0.1, -0.05) is 69.3 Å². The van der Waals surface area contributed by atoms with Crippen LogP contribution in [0.25, 0.3) is 6.08 Å². The van der Waals surface area contributed by atoms with Gasteiger partial charge in [0.15, 0.2) is 0 Å². The summed E-state index contributed by atoms with van der Waals surface area (Å²) in [7, 11) is 0. The van der Waals surface area contributed by atoms with Crippen LogP contribution in [0.2, 0.25) is 0 Å². The molecule has 1 amide bonds. The molecule has 1 aliphatic rings. The number of carbonyl (C=O) groups excluding carboxylic acids is 1. The second-order valence-corrected chi connectivity index (χ2v) is 7.86. The first-order valence-corrected chi connectivity index (χ1v) is 9.10. The zero-order valence-corrected chi connectivity index (χ0v) is 15.4. The topological polar surface area (TPSA) is 29.1 Å². The Bertz CT molecular complexity index is 765. The van der Waals surface area contributed by atoms with Crippen molar-refractivity contribution < 1.29 is 4.79 Å². The normalized spacial score (nSPS) is 17.3. The molecule has 130 valence electrons. The number of carbonyl (C=O) groups is 1. The quantitative estimate of drug-likeness (QED) is 0.769. The lowest BCUT2D eigenvalue weighted by Gasteiger charge is -2.25. The minimum atomic E-state index is -0.0263. The number of rotatable bonds is 3. The maximum Gasteiger partial charge on any atom is 0.244 e. The Morgan fingerprint density at radius 1 is 1.08 bits per heavy atom. The van der Waals surface area contributed by atoms with Crippen LogP contribution in [0, 0.1) is 0 Å². The lowest BCUT2D eigenvalue weighted by atomic mass is 9.87. The average molecular weight is 333 g/mol. The summed E-state index contributed by atoms with van der Waals surface area (Å²) in [5.74, 6) is -0.0263. The monoisotopic (exact) mass is 333 g/mol. The van der Waals surface area contributed by atoms with Crippen LogP contribution in [0.15, 0.2) is 54.6 Å². The fourth-order valence-electron chi connectivity index (χ4n) is 3.39. The van der Waals surface area contributed by atoms with Gasteiger partial charge in [-0.15, -0.1) is 0 Å². The van der Waals surface area contributed by atoms with E-state index in [0.717, 1.165) is 24.8 Å². The molecule has 25 heavy (non-hydrogen) atoms. The zero-order valence-electron chi connectivity index (χ0n) is 15.4. The van der Waals surface area contributed by atoms with Crippen molar-refractivity contribution in [2.24, 2.45) is 0 Å². The van der Waals surface area contributed by atoms with Crippen molar-refractivity contribution in [3.63, 3.8) is 0 Å². The molecule has 2 heteroatoms. The molecule has 1 N–H and O–H groups in total. The van der Waals surface area contributed by atoms with E-state index in [1.54, 1.807) is 6.08 Å². The zero-order chi connectivity index (χ0) is 17.9. The highest BCUT2D eigenvalue weighted by Gasteiger charge is 2.20. The number of hydrogen-bond donors (Lipinski definition) is 1. The Balaban J connectivity index is 1.64. The van der Waals surface area contributed by atoms with Gasteiger partial charge in [-0.3, -0.25) is 4.79 Å². The molecule has 2 aromatic rings. The van der Waals surface area contributed by atoms with Gasteiger partial charge in [0.2, 0.25) is 5.91 Å². The van der Waals surface area contributed by atoms with E-state index in [1.807, 2.05) is 6.08 Å². The first-order chi connectivity index (χ1) is 11.9. The van der Waals surface area contributed by atoms with E-state index in [4.69, 9.17) is 0 Å². The number of fused-ring (bicyclic) bond motifs is 1. The molecule has 0 aromatic heterocycles. The van der Waals surface area contributed by atoms with Gasteiger partial charge in [-0.25, -0.2) is 0 Å². The predicted octanol–water partition coefficient (Wildman–Crippen LogP) is 5.19. The summed E-state index contributed by atoms with van der Waals surface area (Å²) >= 11 is 0. The van der Waals surface area contributed by atoms with Gasteiger partial charge in [0, 0.05) is 6.08 Å². The molecule has 3 rings (SSSR count). The second kappa shape index (κ2) is 7.26. The fraction of sp³-hybridized carbons (Fsp3) is 0.348. The molecule has 0 heterocycles. The molecule has 0 saturated heterocycles. The number of nitrogens with one attached hydrogen (secondary N) is 1. The van der Waals surface area contributed by atoms with Crippen LogP contribution < -0.4 is 5.32 Å². The number of aryl methyl sites for hydroxylation is 1. The van der Waals surface area contributed by atoms with Crippen LogP contribution in [0.5, 0.6) is 0 Å². The van der Waals surface area contributed by atoms with Crippen molar-refractivity contribution in [2.45, 2.75) is 51.5 Å². The molecule has 2 aromatic carbocycles. The third-order valence-electron chi connectivity index (χ3n) is 4.89. The van der Waals surface area contributed by atoms with Gasteiger partial charge in [-0.2, -0.15) is 0 Å². The molecule has 2 nitrogen and oxygen atoms in total. The summed E-state index contributed by atoms with van der Waals surface area (Å²) < 4.78 is 0. The Morgan fingerprint density at radius 3 is 2.52 bits per heavy atom. The molecular formula is C23H27NO. The summed E-state index contributed by atoms with van der Waals surface area (Å²) in [5.41, 5.74) is 5.12. The van der Waals surface area contributed by atoms with Crippen molar-refractivity contribution in [3.8, 4) is 0 Å². The summed E-state index contributed by atoms with van der Waals surface area (Å²) in [5, 5.41) is 3.16. The van der Waals surface area contributed by atoms with E-state index in [1.165, 1.54) is 16.7 Å². The minimum Gasteiger partial charge on any atom is -0.346 e. The van der Waals surface area contributed by atoms with E-state index in [2.05, 4.69) is 74.6 Å². The largest absolute Gasteiger partial charge is 0.346 e. The second-order valence-electron chi connectivity index (χ2n) is 7.86. The van der Waals surface area contributed by atoms with E-state index < -0.39 is 0 Å². The van der Waals surface area contributed by atoms with Crippen LogP contribution in [0.4, 0.5) is 0 Å². The van der Waals surface area contributed by atoms with Crippen molar-refractivity contribution in [1.82, 2.24) is 5.32 Å².